The number of thiophene rings is 1. The molecule has 0 fully saturated rings. The fraction of sp³-hybridized carbons (Fsp3) is 0.167. The van der Waals surface area contributed by atoms with Crippen LogP contribution in [0.15, 0.2) is 39.0 Å². The Hall–Kier alpha value is -1.09. The van der Waals surface area contributed by atoms with Gasteiger partial charge in [0.05, 0.1) is 17.5 Å². The van der Waals surface area contributed by atoms with Gasteiger partial charge in [-0.2, -0.15) is 0 Å². The molecule has 0 aliphatic carbocycles. The van der Waals surface area contributed by atoms with Gasteiger partial charge in [0.25, 0.3) is 10.0 Å². The van der Waals surface area contributed by atoms with Gasteiger partial charge in [-0.05, 0) is 46.3 Å². The molecule has 1 aromatic heterocycles. The van der Waals surface area contributed by atoms with Gasteiger partial charge in [-0.3, -0.25) is 4.72 Å². The molecule has 0 amide bonds. The molecule has 0 spiro atoms. The number of ether oxygens (including phenoxy) is 1. The lowest BCUT2D eigenvalue weighted by atomic mass is 10.3. The van der Waals surface area contributed by atoms with Crippen LogP contribution in [0.2, 0.25) is 0 Å². The standard InChI is InChI=1S/C12H12BrNO4S2/c1-18-9-4-2-8(3-5-9)14-20(16,17)11-6-10(7-15)19-12(11)13/h2-6,14-15H,7H2,1H3. The molecule has 2 N–H and O–H groups in total. The summed E-state index contributed by atoms with van der Waals surface area (Å²) in [5.41, 5.74) is 0.439. The second kappa shape index (κ2) is 6.13. The van der Waals surface area contributed by atoms with Gasteiger partial charge in [0.1, 0.15) is 10.6 Å². The fourth-order valence-corrected chi connectivity index (χ4v) is 5.13. The maximum atomic E-state index is 12.3. The molecule has 1 heterocycles. The van der Waals surface area contributed by atoms with Gasteiger partial charge in [0, 0.05) is 10.6 Å². The number of sulfonamides is 1. The Morgan fingerprint density at radius 1 is 1.35 bits per heavy atom. The summed E-state index contributed by atoms with van der Waals surface area (Å²) in [5, 5.41) is 9.05. The molecule has 2 aromatic rings. The zero-order valence-corrected chi connectivity index (χ0v) is 13.7. The minimum Gasteiger partial charge on any atom is -0.497 e. The second-order valence-corrected chi connectivity index (χ2v) is 7.95. The van der Waals surface area contributed by atoms with Crippen molar-refractivity contribution in [2.45, 2.75) is 11.5 Å². The number of nitrogens with one attached hydrogen (secondary N) is 1. The average molecular weight is 378 g/mol. The Kier molecular flexibility index (Phi) is 4.69. The largest absolute Gasteiger partial charge is 0.497 e. The van der Waals surface area contributed by atoms with Crippen LogP contribution in [0.3, 0.4) is 0 Å². The first-order chi connectivity index (χ1) is 9.46. The average Bonchev–Trinajstić information content (AvgIpc) is 2.81. The molecule has 0 radical (unpaired) electrons. The van der Waals surface area contributed by atoms with Crippen molar-refractivity contribution in [1.29, 1.82) is 0 Å². The SMILES string of the molecule is COc1ccc(NS(=O)(=O)c2cc(CO)sc2Br)cc1. The van der Waals surface area contributed by atoms with Crippen molar-refractivity contribution in [1.82, 2.24) is 0 Å². The molecule has 0 unspecified atom stereocenters. The molecule has 0 saturated carbocycles. The van der Waals surface area contributed by atoms with Crippen LogP contribution in [0.1, 0.15) is 4.88 Å². The molecule has 2 rings (SSSR count). The van der Waals surface area contributed by atoms with Gasteiger partial charge < -0.3 is 9.84 Å². The van der Waals surface area contributed by atoms with Crippen LogP contribution in [-0.2, 0) is 16.6 Å². The van der Waals surface area contributed by atoms with Gasteiger partial charge in [-0.15, -0.1) is 11.3 Å². The van der Waals surface area contributed by atoms with Crippen molar-refractivity contribution in [2.75, 3.05) is 11.8 Å². The number of benzene rings is 1. The zero-order valence-electron chi connectivity index (χ0n) is 10.5. The van der Waals surface area contributed by atoms with Crippen molar-refractivity contribution < 1.29 is 18.3 Å². The van der Waals surface area contributed by atoms with Crippen molar-refractivity contribution >= 4 is 43.0 Å². The van der Waals surface area contributed by atoms with Crippen molar-refractivity contribution in [3.05, 3.63) is 39.0 Å². The van der Waals surface area contributed by atoms with E-state index in [2.05, 4.69) is 20.7 Å². The first-order valence-corrected chi connectivity index (χ1v) is 8.61. The third-order valence-electron chi connectivity index (χ3n) is 2.49. The molecule has 5 nitrogen and oxygen atoms in total. The zero-order chi connectivity index (χ0) is 14.8. The molecule has 20 heavy (non-hydrogen) atoms. The van der Waals surface area contributed by atoms with Crippen LogP contribution in [0.4, 0.5) is 5.69 Å². The summed E-state index contributed by atoms with van der Waals surface area (Å²) in [7, 11) is -2.15. The maximum absolute atomic E-state index is 12.3. The molecule has 0 aliphatic rings. The van der Waals surface area contributed by atoms with E-state index in [1.54, 1.807) is 24.3 Å². The Morgan fingerprint density at radius 2 is 2.00 bits per heavy atom. The molecule has 0 aliphatic heterocycles. The summed E-state index contributed by atoms with van der Waals surface area (Å²) >= 11 is 4.38. The second-order valence-electron chi connectivity index (χ2n) is 3.84. The molecule has 0 bridgehead atoms. The Labute approximate surface area is 129 Å². The highest BCUT2D eigenvalue weighted by Crippen LogP contribution is 2.32. The first kappa shape index (κ1) is 15.3. The summed E-state index contributed by atoms with van der Waals surface area (Å²) in [6.45, 7) is -0.193. The van der Waals surface area contributed by atoms with Gasteiger partial charge in [0.15, 0.2) is 0 Å². The van der Waals surface area contributed by atoms with Crippen LogP contribution >= 0.6 is 27.3 Å². The van der Waals surface area contributed by atoms with Crippen LogP contribution in [0, 0.1) is 0 Å². The van der Waals surface area contributed by atoms with Gasteiger partial charge in [0.2, 0.25) is 0 Å². The smallest absolute Gasteiger partial charge is 0.263 e. The highest BCUT2D eigenvalue weighted by atomic mass is 79.9. The van der Waals surface area contributed by atoms with E-state index >= 15 is 0 Å². The van der Waals surface area contributed by atoms with Crippen LogP contribution in [-0.4, -0.2) is 20.6 Å². The lowest BCUT2D eigenvalue weighted by molar-refractivity contribution is 0.285. The van der Waals surface area contributed by atoms with E-state index in [9.17, 15) is 8.42 Å². The highest BCUT2D eigenvalue weighted by molar-refractivity contribution is 9.11. The quantitative estimate of drug-likeness (QED) is 0.839. The summed E-state index contributed by atoms with van der Waals surface area (Å²) < 4.78 is 32.5. The lowest BCUT2D eigenvalue weighted by Crippen LogP contribution is -2.12. The summed E-state index contributed by atoms with van der Waals surface area (Å²) in [5.74, 6) is 0.646. The molecule has 0 atom stereocenters. The van der Waals surface area contributed by atoms with Gasteiger partial charge in [-0.25, -0.2) is 8.42 Å². The number of halogens is 1. The summed E-state index contributed by atoms with van der Waals surface area (Å²) in [6.07, 6.45) is 0. The summed E-state index contributed by atoms with van der Waals surface area (Å²) in [4.78, 5) is 0.689. The number of anilines is 1. The van der Waals surface area contributed by atoms with Gasteiger partial charge >= 0.3 is 0 Å². The lowest BCUT2D eigenvalue weighted by Gasteiger charge is -2.07. The third kappa shape index (κ3) is 3.32. The van der Waals surface area contributed by atoms with Crippen LogP contribution in [0.25, 0.3) is 0 Å². The van der Waals surface area contributed by atoms with Crippen LogP contribution in [0.5, 0.6) is 5.75 Å². The number of methoxy groups -OCH3 is 1. The molecular formula is C12H12BrNO4S2. The molecule has 8 heteroatoms. The van der Waals surface area contributed by atoms with Gasteiger partial charge in [-0.1, -0.05) is 0 Å². The Balaban J connectivity index is 2.27. The highest BCUT2D eigenvalue weighted by Gasteiger charge is 2.20. The minimum absolute atomic E-state index is 0.113. The van der Waals surface area contributed by atoms with E-state index < -0.39 is 10.0 Å². The third-order valence-corrected chi connectivity index (χ3v) is 6.11. The van der Waals surface area contributed by atoms with E-state index in [0.29, 0.717) is 20.1 Å². The number of hydrogen-bond donors (Lipinski definition) is 2. The first-order valence-electron chi connectivity index (χ1n) is 5.52. The Morgan fingerprint density at radius 3 is 2.50 bits per heavy atom. The van der Waals surface area contributed by atoms with E-state index in [-0.39, 0.29) is 11.5 Å². The topological polar surface area (TPSA) is 75.6 Å². The van der Waals surface area contributed by atoms with E-state index in [1.165, 1.54) is 24.5 Å². The van der Waals surface area contributed by atoms with Crippen molar-refractivity contribution in [2.24, 2.45) is 0 Å². The Bertz CT molecular complexity index is 695. The van der Waals surface area contributed by atoms with E-state index in [0.717, 1.165) is 0 Å². The van der Waals surface area contributed by atoms with Crippen LogP contribution < -0.4 is 9.46 Å². The summed E-state index contributed by atoms with van der Waals surface area (Å²) in [6, 6.07) is 8.01. The maximum Gasteiger partial charge on any atom is 0.263 e. The fourth-order valence-electron chi connectivity index (χ4n) is 1.53. The number of rotatable bonds is 5. The normalized spacial score (nSPS) is 11.3. The van der Waals surface area contributed by atoms with Crippen molar-refractivity contribution in [3.63, 3.8) is 0 Å². The molecular weight excluding hydrogens is 366 g/mol. The molecule has 108 valence electrons. The molecule has 1 aromatic carbocycles. The predicted molar refractivity (Wildman–Crippen MR) is 81.7 cm³/mol. The predicted octanol–water partition coefficient (Wildman–Crippen LogP) is 2.81. The van der Waals surface area contributed by atoms with Crippen molar-refractivity contribution in [3.8, 4) is 5.75 Å². The minimum atomic E-state index is -3.69. The van der Waals surface area contributed by atoms with E-state index in [4.69, 9.17) is 9.84 Å². The number of aliphatic hydroxyl groups excluding tert-OH is 1. The number of aliphatic hydroxyl groups is 1. The monoisotopic (exact) mass is 377 g/mol. The number of hydrogen-bond acceptors (Lipinski definition) is 5. The molecule has 0 saturated heterocycles. The van der Waals surface area contributed by atoms with E-state index in [1.807, 2.05) is 0 Å².